The number of nitrogens with zero attached hydrogens (tertiary/aromatic N) is 2. The quantitative estimate of drug-likeness (QED) is 0.697. The molecular formula is C16H25N3O3. The summed E-state index contributed by atoms with van der Waals surface area (Å²) >= 11 is 0. The average molecular weight is 307 g/mol. The van der Waals surface area contributed by atoms with Crippen LogP contribution in [0, 0.1) is 0 Å². The van der Waals surface area contributed by atoms with Gasteiger partial charge in [0.15, 0.2) is 0 Å². The van der Waals surface area contributed by atoms with Crippen LogP contribution in [0.5, 0.6) is 5.88 Å². The minimum atomic E-state index is -0.156. The van der Waals surface area contributed by atoms with E-state index in [9.17, 15) is 4.79 Å². The van der Waals surface area contributed by atoms with Crippen LogP contribution < -0.4 is 10.1 Å². The van der Waals surface area contributed by atoms with Crippen molar-refractivity contribution in [3.63, 3.8) is 0 Å². The number of methoxy groups -OCH3 is 1. The van der Waals surface area contributed by atoms with Crippen molar-refractivity contribution in [1.82, 2.24) is 15.2 Å². The van der Waals surface area contributed by atoms with Gasteiger partial charge in [0.05, 0.1) is 6.61 Å². The van der Waals surface area contributed by atoms with Gasteiger partial charge >= 0.3 is 0 Å². The number of aromatic nitrogens is 1. The third-order valence-corrected chi connectivity index (χ3v) is 3.92. The number of carbonyl (C=O) groups is 1. The van der Waals surface area contributed by atoms with Gasteiger partial charge in [0, 0.05) is 31.9 Å². The van der Waals surface area contributed by atoms with Gasteiger partial charge in [0.2, 0.25) is 5.88 Å². The Morgan fingerprint density at radius 2 is 2.27 bits per heavy atom. The largest absolute Gasteiger partial charge is 0.475 e. The Balaban J connectivity index is 1.88. The summed E-state index contributed by atoms with van der Waals surface area (Å²) in [5, 5.41) is 2.96. The number of hydrogen-bond donors (Lipinski definition) is 1. The highest BCUT2D eigenvalue weighted by atomic mass is 16.5. The number of pyridine rings is 1. The van der Waals surface area contributed by atoms with Crippen LogP contribution in [0.4, 0.5) is 0 Å². The maximum atomic E-state index is 12.3. The molecule has 0 bridgehead atoms. The molecule has 1 amide bonds. The van der Waals surface area contributed by atoms with Crippen molar-refractivity contribution in [1.29, 1.82) is 0 Å². The average Bonchev–Trinajstić information content (AvgIpc) is 3.37. The van der Waals surface area contributed by atoms with Crippen LogP contribution in [-0.4, -0.2) is 61.8 Å². The summed E-state index contributed by atoms with van der Waals surface area (Å²) in [5.74, 6) is 0.191. The third kappa shape index (κ3) is 4.68. The first-order valence-corrected chi connectivity index (χ1v) is 7.70. The van der Waals surface area contributed by atoms with Crippen molar-refractivity contribution in [2.45, 2.75) is 31.8 Å². The minimum absolute atomic E-state index is 0.156. The van der Waals surface area contributed by atoms with E-state index in [1.54, 1.807) is 25.4 Å². The highest BCUT2D eigenvalue weighted by molar-refractivity contribution is 5.96. The summed E-state index contributed by atoms with van der Waals surface area (Å²) in [5.41, 5.74) is 0.458. The maximum Gasteiger partial charge on any atom is 0.256 e. The number of amides is 1. The van der Waals surface area contributed by atoms with Crippen molar-refractivity contribution in [3.8, 4) is 5.88 Å². The number of hydrogen-bond acceptors (Lipinski definition) is 5. The van der Waals surface area contributed by atoms with Gasteiger partial charge in [-0.2, -0.15) is 0 Å². The highest BCUT2D eigenvalue weighted by Crippen LogP contribution is 2.26. The Bertz CT molecular complexity index is 491. The van der Waals surface area contributed by atoms with Gasteiger partial charge in [-0.25, -0.2) is 4.98 Å². The van der Waals surface area contributed by atoms with E-state index in [1.165, 1.54) is 12.8 Å². The summed E-state index contributed by atoms with van der Waals surface area (Å²) < 4.78 is 10.4. The molecule has 0 saturated heterocycles. The molecule has 1 aromatic rings. The molecule has 122 valence electrons. The molecule has 0 aromatic carbocycles. The second kappa shape index (κ2) is 8.10. The van der Waals surface area contributed by atoms with Gasteiger partial charge in [-0.15, -0.1) is 0 Å². The van der Waals surface area contributed by atoms with E-state index in [0.717, 1.165) is 0 Å². The second-order valence-electron chi connectivity index (χ2n) is 5.65. The van der Waals surface area contributed by atoms with Crippen molar-refractivity contribution in [2.24, 2.45) is 0 Å². The predicted octanol–water partition coefficient (Wildman–Crippen LogP) is 1.32. The van der Waals surface area contributed by atoms with Crippen molar-refractivity contribution >= 4 is 5.91 Å². The van der Waals surface area contributed by atoms with Crippen LogP contribution >= 0.6 is 0 Å². The molecule has 22 heavy (non-hydrogen) atoms. The molecule has 1 aliphatic carbocycles. The van der Waals surface area contributed by atoms with E-state index in [1.807, 2.05) is 0 Å². The molecule has 2 rings (SSSR count). The zero-order valence-electron chi connectivity index (χ0n) is 13.5. The normalized spacial score (nSPS) is 15.6. The molecule has 0 aliphatic heterocycles. The van der Waals surface area contributed by atoms with Gasteiger partial charge in [-0.1, -0.05) is 0 Å². The molecule has 1 unspecified atom stereocenters. The maximum absolute atomic E-state index is 12.3. The Morgan fingerprint density at radius 1 is 1.50 bits per heavy atom. The molecule has 1 aromatic heterocycles. The SMILES string of the molecule is COCCOc1ncccc1C(=O)NCC(C)N(C)C1CC1. The number of carbonyl (C=O) groups excluding carboxylic acids is 1. The van der Waals surface area contributed by atoms with Crippen LogP contribution in [0.25, 0.3) is 0 Å². The van der Waals surface area contributed by atoms with Crippen molar-refractivity contribution < 1.29 is 14.3 Å². The molecule has 1 atom stereocenters. The molecule has 0 radical (unpaired) electrons. The van der Waals surface area contributed by atoms with E-state index >= 15 is 0 Å². The summed E-state index contributed by atoms with van der Waals surface area (Å²) in [6, 6.07) is 4.45. The Kier molecular flexibility index (Phi) is 6.15. The standard InChI is InChI=1S/C16H25N3O3/c1-12(19(2)13-6-7-13)11-18-15(20)14-5-4-8-17-16(14)22-10-9-21-3/h4-5,8,12-13H,6-7,9-11H2,1-3H3,(H,18,20). The molecule has 1 fully saturated rings. The lowest BCUT2D eigenvalue weighted by molar-refractivity contribution is 0.0930. The fraction of sp³-hybridized carbons (Fsp3) is 0.625. The zero-order valence-corrected chi connectivity index (χ0v) is 13.5. The van der Waals surface area contributed by atoms with Crippen LogP contribution in [0.1, 0.15) is 30.1 Å². The first kappa shape index (κ1) is 16.7. The zero-order chi connectivity index (χ0) is 15.9. The molecular weight excluding hydrogens is 282 g/mol. The molecule has 6 heteroatoms. The topological polar surface area (TPSA) is 63.7 Å². The summed E-state index contributed by atoms with van der Waals surface area (Å²) in [7, 11) is 3.71. The van der Waals surface area contributed by atoms with Gasteiger partial charge in [0.1, 0.15) is 12.2 Å². The lowest BCUT2D eigenvalue weighted by Gasteiger charge is -2.24. The summed E-state index contributed by atoms with van der Waals surface area (Å²) in [6.07, 6.45) is 4.13. The van der Waals surface area contributed by atoms with Crippen LogP contribution in [0.3, 0.4) is 0 Å². The van der Waals surface area contributed by atoms with Gasteiger partial charge in [-0.05, 0) is 38.9 Å². The van der Waals surface area contributed by atoms with E-state index < -0.39 is 0 Å². The van der Waals surface area contributed by atoms with Crippen LogP contribution in [-0.2, 0) is 4.74 Å². The molecule has 1 aliphatic rings. The first-order valence-electron chi connectivity index (χ1n) is 7.70. The van der Waals surface area contributed by atoms with Gasteiger partial charge in [-0.3, -0.25) is 9.69 Å². The molecule has 6 nitrogen and oxygen atoms in total. The van der Waals surface area contributed by atoms with Crippen LogP contribution in [0.2, 0.25) is 0 Å². The second-order valence-corrected chi connectivity index (χ2v) is 5.65. The lowest BCUT2D eigenvalue weighted by atomic mass is 10.2. The highest BCUT2D eigenvalue weighted by Gasteiger charge is 2.29. The van der Waals surface area contributed by atoms with Gasteiger partial charge in [0.25, 0.3) is 5.91 Å². The van der Waals surface area contributed by atoms with Crippen molar-refractivity contribution in [2.75, 3.05) is 33.9 Å². The smallest absolute Gasteiger partial charge is 0.256 e. The fourth-order valence-corrected chi connectivity index (χ4v) is 2.22. The molecule has 0 spiro atoms. The summed E-state index contributed by atoms with van der Waals surface area (Å²) in [6.45, 7) is 3.56. The van der Waals surface area contributed by atoms with Gasteiger partial charge < -0.3 is 14.8 Å². The van der Waals surface area contributed by atoms with E-state index in [2.05, 4.69) is 29.2 Å². The Morgan fingerprint density at radius 3 is 2.95 bits per heavy atom. The monoisotopic (exact) mass is 307 g/mol. The van der Waals surface area contributed by atoms with Crippen LogP contribution in [0.15, 0.2) is 18.3 Å². The number of likely N-dealkylation sites (N-methyl/N-ethyl adjacent to an activating group) is 1. The number of rotatable bonds is 9. The van der Waals surface area contributed by atoms with Crippen molar-refractivity contribution in [3.05, 3.63) is 23.9 Å². The van der Waals surface area contributed by atoms with E-state index in [-0.39, 0.29) is 5.91 Å². The Labute approximate surface area is 131 Å². The van der Waals surface area contributed by atoms with E-state index in [4.69, 9.17) is 9.47 Å². The number of ether oxygens (including phenoxy) is 2. The minimum Gasteiger partial charge on any atom is -0.475 e. The molecule has 1 N–H and O–H groups in total. The lowest BCUT2D eigenvalue weighted by Crippen LogP contribution is -2.41. The number of nitrogens with one attached hydrogen (secondary N) is 1. The molecule has 1 heterocycles. The third-order valence-electron chi connectivity index (χ3n) is 3.92. The Hall–Kier alpha value is -1.66. The summed E-state index contributed by atoms with van der Waals surface area (Å²) in [4.78, 5) is 18.8. The fourth-order valence-electron chi connectivity index (χ4n) is 2.22. The van der Waals surface area contributed by atoms with E-state index in [0.29, 0.717) is 43.3 Å². The predicted molar refractivity (Wildman–Crippen MR) is 84.2 cm³/mol. The molecule has 1 saturated carbocycles. The first-order chi connectivity index (χ1) is 10.6.